The summed E-state index contributed by atoms with van der Waals surface area (Å²) in [5.41, 5.74) is -2.22. The van der Waals surface area contributed by atoms with Crippen molar-refractivity contribution in [2.75, 3.05) is 6.54 Å². The van der Waals surface area contributed by atoms with E-state index in [9.17, 15) is 22.4 Å². The van der Waals surface area contributed by atoms with Gasteiger partial charge in [-0.1, -0.05) is 0 Å². The summed E-state index contributed by atoms with van der Waals surface area (Å²) in [5.74, 6) is -5.69. The Morgan fingerprint density at radius 3 is 2.32 bits per heavy atom. The summed E-state index contributed by atoms with van der Waals surface area (Å²) in [4.78, 5) is 20.2. The Labute approximate surface area is 172 Å². The van der Waals surface area contributed by atoms with Crippen molar-refractivity contribution in [3.63, 3.8) is 0 Å². The van der Waals surface area contributed by atoms with Crippen molar-refractivity contribution in [2.24, 2.45) is 0 Å². The molecule has 3 aromatic rings. The van der Waals surface area contributed by atoms with Crippen LogP contribution < -0.4 is 5.32 Å². The summed E-state index contributed by atoms with van der Waals surface area (Å²) < 4.78 is 82.7. The zero-order chi connectivity index (χ0) is 22.4. The fourth-order valence-electron chi connectivity index (χ4n) is 3.43. The van der Waals surface area contributed by atoms with E-state index >= 15 is 8.78 Å². The number of hydrogen-bond donors (Lipinski definition) is 1. The maximum Gasteiger partial charge on any atom is 0.416 e. The van der Waals surface area contributed by atoms with Gasteiger partial charge in [0.25, 0.3) is 11.8 Å². The van der Waals surface area contributed by atoms with E-state index in [4.69, 9.17) is 0 Å². The summed E-state index contributed by atoms with van der Waals surface area (Å²) in [6, 6.07) is 4.15. The monoisotopic (exact) mass is 437 g/mol. The number of rotatable bonds is 3. The van der Waals surface area contributed by atoms with Gasteiger partial charge in [0, 0.05) is 35.6 Å². The molecule has 2 aromatic heterocycles. The lowest BCUT2D eigenvalue weighted by molar-refractivity contribution is -0.138. The number of pyridine rings is 2. The van der Waals surface area contributed by atoms with Gasteiger partial charge >= 0.3 is 6.18 Å². The molecule has 0 bridgehead atoms. The molecule has 1 aliphatic heterocycles. The van der Waals surface area contributed by atoms with Crippen LogP contribution in [0.1, 0.15) is 32.6 Å². The second-order valence-electron chi connectivity index (χ2n) is 6.92. The fourth-order valence-corrected chi connectivity index (χ4v) is 3.43. The molecule has 1 N–H and O–H groups in total. The summed E-state index contributed by atoms with van der Waals surface area (Å²) in [6.07, 6.45) is -2.17. The summed E-state index contributed by atoms with van der Waals surface area (Å²) in [7, 11) is 0. The SMILES string of the molecule is O=C1NCCc2c1ccnc2-c1cc(C(F)(F)c2cc(F)cc(C(F)(F)F)c2)ccn1. The molecular weight excluding hydrogens is 424 g/mol. The van der Waals surface area contributed by atoms with Crippen LogP contribution in [0.15, 0.2) is 48.8 Å². The minimum atomic E-state index is -4.98. The number of carbonyl (C=O) groups is 1. The standard InChI is InChI=1S/C21H13F6N3O/c22-14-8-12(7-13(9-14)21(25,26)27)20(23,24)11-1-4-28-17(10-11)18-15-2-6-30-19(31)16(15)3-5-29-18/h1,3-5,7-10H,2,6H2,(H,30,31). The molecule has 1 aromatic carbocycles. The van der Waals surface area contributed by atoms with Crippen LogP contribution in [0.4, 0.5) is 26.3 Å². The molecule has 160 valence electrons. The highest BCUT2D eigenvalue weighted by atomic mass is 19.4. The molecule has 1 aliphatic rings. The van der Waals surface area contributed by atoms with Gasteiger partial charge in [-0.25, -0.2) is 4.39 Å². The number of amides is 1. The maximum atomic E-state index is 15.1. The maximum absolute atomic E-state index is 15.1. The van der Waals surface area contributed by atoms with E-state index in [0.29, 0.717) is 30.2 Å². The van der Waals surface area contributed by atoms with Crippen LogP contribution in [0.2, 0.25) is 0 Å². The van der Waals surface area contributed by atoms with Crippen LogP contribution in [0.5, 0.6) is 0 Å². The number of aromatic nitrogens is 2. The molecule has 0 unspecified atom stereocenters. The second-order valence-corrected chi connectivity index (χ2v) is 6.92. The molecule has 4 nitrogen and oxygen atoms in total. The lowest BCUT2D eigenvalue weighted by atomic mass is 9.95. The summed E-state index contributed by atoms with van der Waals surface area (Å²) >= 11 is 0. The van der Waals surface area contributed by atoms with Gasteiger partial charge < -0.3 is 5.32 Å². The molecule has 0 radical (unpaired) electrons. The Morgan fingerprint density at radius 1 is 0.871 bits per heavy atom. The van der Waals surface area contributed by atoms with Crippen molar-refractivity contribution in [3.05, 3.63) is 82.4 Å². The first-order valence-electron chi connectivity index (χ1n) is 9.06. The van der Waals surface area contributed by atoms with Crippen LogP contribution in [0.25, 0.3) is 11.4 Å². The Hall–Kier alpha value is -3.43. The van der Waals surface area contributed by atoms with Crippen molar-refractivity contribution in [1.29, 1.82) is 0 Å². The smallest absolute Gasteiger partial charge is 0.352 e. The zero-order valence-electron chi connectivity index (χ0n) is 15.6. The highest BCUT2D eigenvalue weighted by molar-refractivity contribution is 5.98. The van der Waals surface area contributed by atoms with Crippen molar-refractivity contribution in [1.82, 2.24) is 15.3 Å². The number of nitrogens with one attached hydrogen (secondary N) is 1. The molecule has 1 amide bonds. The van der Waals surface area contributed by atoms with Gasteiger partial charge in [0.05, 0.1) is 17.0 Å². The largest absolute Gasteiger partial charge is 0.416 e. The molecule has 0 spiro atoms. The van der Waals surface area contributed by atoms with E-state index < -0.39 is 34.6 Å². The predicted octanol–water partition coefficient (Wildman–Crippen LogP) is 4.73. The molecule has 4 rings (SSSR count). The third-order valence-electron chi connectivity index (χ3n) is 4.91. The highest BCUT2D eigenvalue weighted by Crippen LogP contribution is 2.40. The van der Waals surface area contributed by atoms with Crippen molar-refractivity contribution in [3.8, 4) is 11.4 Å². The molecular formula is C21H13F6N3O. The Balaban J connectivity index is 1.80. The van der Waals surface area contributed by atoms with E-state index in [1.807, 2.05) is 0 Å². The van der Waals surface area contributed by atoms with E-state index in [-0.39, 0.29) is 29.4 Å². The van der Waals surface area contributed by atoms with Gasteiger partial charge in [-0.05, 0) is 48.4 Å². The number of nitrogens with zero attached hydrogens (tertiary/aromatic N) is 2. The first-order valence-corrected chi connectivity index (χ1v) is 9.06. The van der Waals surface area contributed by atoms with Gasteiger partial charge in [0.2, 0.25) is 0 Å². The Morgan fingerprint density at radius 2 is 1.58 bits per heavy atom. The fraction of sp³-hybridized carbons (Fsp3) is 0.190. The minimum absolute atomic E-state index is 0.0242. The van der Waals surface area contributed by atoms with Crippen LogP contribution >= 0.6 is 0 Å². The average molecular weight is 437 g/mol. The minimum Gasteiger partial charge on any atom is -0.352 e. The number of carbonyl (C=O) groups excluding carboxylic acids is 1. The molecule has 10 heteroatoms. The number of benzene rings is 1. The Bertz CT molecular complexity index is 1180. The molecule has 0 saturated heterocycles. The van der Waals surface area contributed by atoms with Crippen molar-refractivity contribution in [2.45, 2.75) is 18.5 Å². The van der Waals surface area contributed by atoms with Crippen molar-refractivity contribution < 1.29 is 31.1 Å². The number of alkyl halides is 5. The predicted molar refractivity (Wildman–Crippen MR) is 97.9 cm³/mol. The molecule has 31 heavy (non-hydrogen) atoms. The number of hydrogen-bond acceptors (Lipinski definition) is 3. The first kappa shape index (κ1) is 20.8. The van der Waals surface area contributed by atoms with Crippen LogP contribution in [-0.2, 0) is 18.5 Å². The van der Waals surface area contributed by atoms with Gasteiger partial charge in [0.1, 0.15) is 5.82 Å². The van der Waals surface area contributed by atoms with Gasteiger partial charge in [-0.2, -0.15) is 22.0 Å². The number of fused-ring (bicyclic) bond motifs is 1. The average Bonchev–Trinajstić information content (AvgIpc) is 2.73. The van der Waals surface area contributed by atoms with Crippen molar-refractivity contribution >= 4 is 5.91 Å². The summed E-state index contributed by atoms with van der Waals surface area (Å²) in [6.45, 7) is 0.337. The molecule has 3 heterocycles. The molecule has 0 atom stereocenters. The molecule has 0 fully saturated rings. The topological polar surface area (TPSA) is 54.9 Å². The van der Waals surface area contributed by atoms with E-state index in [0.717, 1.165) is 18.3 Å². The third kappa shape index (κ3) is 3.85. The van der Waals surface area contributed by atoms with Crippen LogP contribution in [0.3, 0.4) is 0 Å². The van der Waals surface area contributed by atoms with E-state index in [1.54, 1.807) is 0 Å². The molecule has 0 saturated carbocycles. The van der Waals surface area contributed by atoms with Gasteiger partial charge in [-0.15, -0.1) is 0 Å². The van der Waals surface area contributed by atoms with Crippen LogP contribution in [-0.4, -0.2) is 22.4 Å². The summed E-state index contributed by atoms with van der Waals surface area (Å²) in [5, 5.41) is 2.66. The Kier molecular flexibility index (Phi) is 4.95. The first-order chi connectivity index (χ1) is 14.6. The zero-order valence-corrected chi connectivity index (χ0v) is 15.6. The van der Waals surface area contributed by atoms with E-state index in [2.05, 4.69) is 15.3 Å². The van der Waals surface area contributed by atoms with Crippen LogP contribution in [0, 0.1) is 5.82 Å². The van der Waals surface area contributed by atoms with Gasteiger partial charge in [-0.3, -0.25) is 14.8 Å². The quantitative estimate of drug-likeness (QED) is 0.603. The lowest BCUT2D eigenvalue weighted by Crippen LogP contribution is -2.32. The van der Waals surface area contributed by atoms with Gasteiger partial charge in [0.15, 0.2) is 0 Å². The second kappa shape index (κ2) is 7.36. The number of halogens is 6. The lowest BCUT2D eigenvalue weighted by Gasteiger charge is -2.21. The van der Waals surface area contributed by atoms with E-state index in [1.165, 1.54) is 12.3 Å². The molecule has 0 aliphatic carbocycles. The highest BCUT2D eigenvalue weighted by Gasteiger charge is 2.39. The third-order valence-corrected chi connectivity index (χ3v) is 4.91. The normalized spacial score (nSPS) is 14.2.